The van der Waals surface area contributed by atoms with Crippen molar-refractivity contribution in [2.45, 2.75) is 6.92 Å². The number of thiocarbonyl (C=S) groups is 1. The smallest absolute Gasteiger partial charge is 0.129 e. The van der Waals surface area contributed by atoms with Gasteiger partial charge in [0.25, 0.3) is 0 Å². The zero-order chi connectivity index (χ0) is 14.4. The highest BCUT2D eigenvalue weighted by Crippen LogP contribution is 2.18. The van der Waals surface area contributed by atoms with E-state index in [-0.39, 0.29) is 0 Å². The quantitative estimate of drug-likeness (QED) is 0.655. The number of rotatable bonds is 6. The molecule has 0 bridgehead atoms. The number of ether oxygens (including phenoxy) is 2. The number of hydrogen-bond donors (Lipinski definition) is 1. The molecule has 0 aliphatic heterocycles. The number of hydrogen-bond acceptors (Lipinski definition) is 3. The molecule has 20 heavy (non-hydrogen) atoms. The molecule has 104 valence electrons. The van der Waals surface area contributed by atoms with Gasteiger partial charge in [-0.3, -0.25) is 0 Å². The summed E-state index contributed by atoms with van der Waals surface area (Å²) in [6.45, 7) is 2.92. The van der Waals surface area contributed by atoms with E-state index in [1.165, 1.54) is 0 Å². The average molecular weight is 287 g/mol. The van der Waals surface area contributed by atoms with E-state index in [4.69, 9.17) is 27.4 Å². The molecule has 0 radical (unpaired) electrons. The minimum atomic E-state index is 0.334. The number of nitrogens with two attached hydrogens (primary N) is 1. The number of para-hydroxylation sites is 2. The average Bonchev–Trinajstić information content (AvgIpc) is 2.45. The summed E-state index contributed by atoms with van der Waals surface area (Å²) in [4.78, 5) is 0.334. The van der Waals surface area contributed by atoms with Crippen molar-refractivity contribution in [3.63, 3.8) is 0 Å². The van der Waals surface area contributed by atoms with Crippen molar-refractivity contribution in [3.8, 4) is 11.5 Å². The second-order valence-electron chi connectivity index (χ2n) is 4.32. The Balaban J connectivity index is 1.88. The summed E-state index contributed by atoms with van der Waals surface area (Å²) in [6, 6.07) is 15.4. The van der Waals surface area contributed by atoms with Gasteiger partial charge < -0.3 is 15.2 Å². The molecule has 0 unspecified atom stereocenters. The van der Waals surface area contributed by atoms with Crippen LogP contribution in [0.5, 0.6) is 11.5 Å². The SMILES string of the molecule is Cc1ccccc1OCCOc1ccccc1C(N)=S. The third kappa shape index (κ3) is 3.71. The van der Waals surface area contributed by atoms with Crippen molar-refractivity contribution in [2.24, 2.45) is 5.73 Å². The van der Waals surface area contributed by atoms with Crippen LogP contribution < -0.4 is 15.2 Å². The molecule has 0 aliphatic carbocycles. The first-order chi connectivity index (χ1) is 9.68. The van der Waals surface area contributed by atoms with Gasteiger partial charge in [-0.2, -0.15) is 0 Å². The van der Waals surface area contributed by atoms with Crippen LogP contribution in [0.25, 0.3) is 0 Å². The van der Waals surface area contributed by atoms with E-state index in [9.17, 15) is 0 Å². The normalized spacial score (nSPS) is 10.1. The molecule has 0 heterocycles. The molecule has 0 spiro atoms. The van der Waals surface area contributed by atoms with Crippen LogP contribution in [-0.4, -0.2) is 18.2 Å². The fourth-order valence-corrected chi connectivity index (χ4v) is 1.99. The Morgan fingerprint density at radius 2 is 1.50 bits per heavy atom. The van der Waals surface area contributed by atoms with Gasteiger partial charge in [-0.1, -0.05) is 42.5 Å². The molecule has 2 N–H and O–H groups in total. The maximum absolute atomic E-state index is 5.67. The first-order valence-corrected chi connectivity index (χ1v) is 6.79. The Morgan fingerprint density at radius 1 is 0.950 bits per heavy atom. The van der Waals surface area contributed by atoms with E-state index < -0.39 is 0 Å². The fraction of sp³-hybridized carbons (Fsp3) is 0.188. The molecule has 2 rings (SSSR count). The van der Waals surface area contributed by atoms with E-state index in [1.54, 1.807) is 0 Å². The van der Waals surface area contributed by atoms with Crippen LogP contribution in [0, 0.1) is 6.92 Å². The molecule has 0 amide bonds. The summed E-state index contributed by atoms with van der Waals surface area (Å²) in [6.07, 6.45) is 0. The van der Waals surface area contributed by atoms with E-state index in [0.717, 1.165) is 16.9 Å². The van der Waals surface area contributed by atoms with Crippen molar-refractivity contribution in [2.75, 3.05) is 13.2 Å². The zero-order valence-electron chi connectivity index (χ0n) is 11.3. The van der Waals surface area contributed by atoms with Crippen molar-refractivity contribution in [3.05, 3.63) is 59.7 Å². The van der Waals surface area contributed by atoms with E-state index in [2.05, 4.69) is 0 Å². The topological polar surface area (TPSA) is 44.5 Å². The first-order valence-electron chi connectivity index (χ1n) is 6.38. The Hall–Kier alpha value is -2.07. The Labute approximate surface area is 124 Å². The van der Waals surface area contributed by atoms with Gasteiger partial charge in [0.15, 0.2) is 0 Å². The molecule has 3 nitrogen and oxygen atoms in total. The molecular formula is C16H17NO2S. The van der Waals surface area contributed by atoms with E-state index in [0.29, 0.717) is 24.0 Å². The van der Waals surface area contributed by atoms with Crippen LogP contribution >= 0.6 is 12.2 Å². The Kier molecular flexibility index (Phi) is 4.96. The van der Waals surface area contributed by atoms with Crippen LogP contribution in [0.1, 0.15) is 11.1 Å². The molecule has 0 atom stereocenters. The number of benzene rings is 2. The molecule has 0 fully saturated rings. The van der Waals surface area contributed by atoms with Gasteiger partial charge in [-0.15, -0.1) is 0 Å². The van der Waals surface area contributed by atoms with Crippen molar-refractivity contribution < 1.29 is 9.47 Å². The highest BCUT2D eigenvalue weighted by atomic mass is 32.1. The third-order valence-electron chi connectivity index (χ3n) is 2.84. The van der Waals surface area contributed by atoms with Crippen LogP contribution in [-0.2, 0) is 0 Å². The predicted molar refractivity (Wildman–Crippen MR) is 84.5 cm³/mol. The molecule has 0 saturated carbocycles. The summed E-state index contributed by atoms with van der Waals surface area (Å²) in [5, 5.41) is 0. The summed E-state index contributed by atoms with van der Waals surface area (Å²) < 4.78 is 11.3. The van der Waals surface area contributed by atoms with Gasteiger partial charge in [-0.25, -0.2) is 0 Å². The summed E-state index contributed by atoms with van der Waals surface area (Å²) in [5.41, 5.74) is 7.51. The minimum absolute atomic E-state index is 0.334. The standard InChI is InChI=1S/C16H17NO2S/c1-12-6-2-4-8-14(12)18-10-11-19-15-9-5-3-7-13(15)16(17)20/h2-9H,10-11H2,1H3,(H2,17,20). The molecule has 0 saturated heterocycles. The molecule has 2 aromatic carbocycles. The first kappa shape index (κ1) is 14.3. The van der Waals surface area contributed by atoms with Gasteiger partial charge in [0.2, 0.25) is 0 Å². The van der Waals surface area contributed by atoms with E-state index >= 15 is 0 Å². The fourth-order valence-electron chi connectivity index (χ4n) is 1.82. The number of aryl methyl sites for hydroxylation is 1. The summed E-state index contributed by atoms with van der Waals surface area (Å²) in [5.74, 6) is 1.56. The van der Waals surface area contributed by atoms with Gasteiger partial charge in [0, 0.05) is 0 Å². The molecule has 0 aliphatic rings. The van der Waals surface area contributed by atoms with Gasteiger partial charge in [0.05, 0.1) is 5.56 Å². The van der Waals surface area contributed by atoms with Crippen LogP contribution in [0.3, 0.4) is 0 Å². The van der Waals surface area contributed by atoms with Crippen molar-refractivity contribution in [1.82, 2.24) is 0 Å². The zero-order valence-corrected chi connectivity index (χ0v) is 12.2. The molecule has 4 heteroatoms. The molecular weight excluding hydrogens is 270 g/mol. The van der Waals surface area contributed by atoms with Gasteiger partial charge >= 0.3 is 0 Å². The maximum atomic E-state index is 5.67. The van der Waals surface area contributed by atoms with Crippen LogP contribution in [0.15, 0.2) is 48.5 Å². The summed E-state index contributed by atoms with van der Waals surface area (Å²) >= 11 is 4.99. The summed E-state index contributed by atoms with van der Waals surface area (Å²) in [7, 11) is 0. The van der Waals surface area contributed by atoms with Crippen LogP contribution in [0.2, 0.25) is 0 Å². The molecule has 0 aromatic heterocycles. The lowest BCUT2D eigenvalue weighted by Gasteiger charge is -2.12. The van der Waals surface area contributed by atoms with Gasteiger partial charge in [-0.05, 0) is 30.7 Å². The molecule has 2 aromatic rings. The van der Waals surface area contributed by atoms with E-state index in [1.807, 2.05) is 55.5 Å². The third-order valence-corrected chi connectivity index (χ3v) is 3.06. The maximum Gasteiger partial charge on any atom is 0.129 e. The Morgan fingerprint density at radius 3 is 2.15 bits per heavy atom. The highest BCUT2D eigenvalue weighted by molar-refractivity contribution is 7.80. The van der Waals surface area contributed by atoms with Crippen molar-refractivity contribution >= 4 is 17.2 Å². The lowest BCUT2D eigenvalue weighted by Crippen LogP contribution is -2.14. The van der Waals surface area contributed by atoms with Gasteiger partial charge in [0.1, 0.15) is 29.7 Å². The second kappa shape index (κ2) is 6.91. The highest BCUT2D eigenvalue weighted by Gasteiger charge is 2.05. The monoisotopic (exact) mass is 287 g/mol. The lowest BCUT2D eigenvalue weighted by atomic mass is 10.2. The lowest BCUT2D eigenvalue weighted by molar-refractivity contribution is 0.216. The second-order valence-corrected chi connectivity index (χ2v) is 4.76. The van der Waals surface area contributed by atoms with Crippen LogP contribution in [0.4, 0.5) is 0 Å². The van der Waals surface area contributed by atoms with Crippen molar-refractivity contribution in [1.29, 1.82) is 0 Å². The Bertz CT molecular complexity index is 599. The largest absolute Gasteiger partial charge is 0.490 e. The minimum Gasteiger partial charge on any atom is -0.490 e. The predicted octanol–water partition coefficient (Wildman–Crippen LogP) is 3.09.